The summed E-state index contributed by atoms with van der Waals surface area (Å²) in [4.78, 5) is 2.61. The maximum absolute atomic E-state index is 5.38. The van der Waals surface area contributed by atoms with Gasteiger partial charge in [-0.15, -0.1) is 24.8 Å². The molecule has 2 saturated heterocycles. The standard InChI is InChI=1S/C10H20N2O.2ClH/c1-10(2-4-11-5-3-10)12-6-8-13-9-7-12;;/h11H,2-9H2,1H3;2*1H. The molecular weight excluding hydrogens is 235 g/mol. The van der Waals surface area contributed by atoms with Gasteiger partial charge in [0.2, 0.25) is 0 Å². The van der Waals surface area contributed by atoms with Gasteiger partial charge in [-0.2, -0.15) is 0 Å². The van der Waals surface area contributed by atoms with E-state index in [1.54, 1.807) is 0 Å². The first-order valence-corrected chi connectivity index (χ1v) is 5.35. The van der Waals surface area contributed by atoms with Crippen molar-refractivity contribution < 1.29 is 4.74 Å². The Morgan fingerprint density at radius 2 is 1.60 bits per heavy atom. The SMILES string of the molecule is CC1(N2CCOCC2)CCNCC1.Cl.Cl. The Kier molecular flexibility index (Phi) is 7.13. The summed E-state index contributed by atoms with van der Waals surface area (Å²) < 4.78 is 5.38. The number of rotatable bonds is 1. The van der Waals surface area contributed by atoms with Crippen LogP contribution in [0.2, 0.25) is 0 Å². The summed E-state index contributed by atoms with van der Waals surface area (Å²) in [5.41, 5.74) is 0.440. The first-order chi connectivity index (χ1) is 6.31. The predicted octanol–water partition coefficient (Wildman–Crippen LogP) is 1.30. The largest absolute Gasteiger partial charge is 0.379 e. The first kappa shape index (κ1) is 15.5. The van der Waals surface area contributed by atoms with Gasteiger partial charge < -0.3 is 10.1 Å². The molecule has 0 spiro atoms. The molecule has 5 heteroatoms. The fraction of sp³-hybridized carbons (Fsp3) is 1.00. The highest BCUT2D eigenvalue weighted by Crippen LogP contribution is 2.26. The number of halogens is 2. The smallest absolute Gasteiger partial charge is 0.0594 e. The molecule has 2 rings (SSSR count). The zero-order chi connectivity index (χ0) is 9.15. The third-order valence-corrected chi connectivity index (χ3v) is 3.46. The molecule has 92 valence electrons. The van der Waals surface area contributed by atoms with Crippen LogP contribution in [0, 0.1) is 0 Å². The van der Waals surface area contributed by atoms with Gasteiger partial charge in [-0.1, -0.05) is 0 Å². The predicted molar refractivity (Wildman–Crippen MR) is 67.4 cm³/mol. The van der Waals surface area contributed by atoms with E-state index in [1.165, 1.54) is 25.9 Å². The van der Waals surface area contributed by atoms with Crippen LogP contribution in [0.5, 0.6) is 0 Å². The Labute approximate surface area is 105 Å². The van der Waals surface area contributed by atoms with Crippen LogP contribution in [0.25, 0.3) is 0 Å². The molecule has 0 aromatic heterocycles. The van der Waals surface area contributed by atoms with E-state index in [4.69, 9.17) is 4.74 Å². The van der Waals surface area contributed by atoms with Gasteiger partial charge in [0.25, 0.3) is 0 Å². The van der Waals surface area contributed by atoms with Crippen molar-refractivity contribution in [1.82, 2.24) is 10.2 Å². The summed E-state index contributed by atoms with van der Waals surface area (Å²) in [7, 11) is 0. The molecule has 0 radical (unpaired) electrons. The van der Waals surface area contributed by atoms with Gasteiger partial charge >= 0.3 is 0 Å². The van der Waals surface area contributed by atoms with E-state index in [9.17, 15) is 0 Å². The summed E-state index contributed by atoms with van der Waals surface area (Å²) in [5.74, 6) is 0. The van der Waals surface area contributed by atoms with E-state index < -0.39 is 0 Å². The Hall–Kier alpha value is 0.460. The molecule has 0 atom stereocenters. The van der Waals surface area contributed by atoms with Crippen LogP contribution >= 0.6 is 24.8 Å². The first-order valence-electron chi connectivity index (χ1n) is 5.35. The minimum atomic E-state index is 0. The second-order valence-electron chi connectivity index (χ2n) is 4.35. The topological polar surface area (TPSA) is 24.5 Å². The number of nitrogens with one attached hydrogen (secondary N) is 1. The van der Waals surface area contributed by atoms with Gasteiger partial charge in [0.15, 0.2) is 0 Å². The molecule has 2 aliphatic heterocycles. The van der Waals surface area contributed by atoms with Crippen LogP contribution in [0.15, 0.2) is 0 Å². The van der Waals surface area contributed by atoms with Crippen LogP contribution < -0.4 is 5.32 Å². The van der Waals surface area contributed by atoms with E-state index in [0.29, 0.717) is 5.54 Å². The van der Waals surface area contributed by atoms with Crippen molar-refractivity contribution >= 4 is 24.8 Å². The molecule has 3 nitrogen and oxygen atoms in total. The van der Waals surface area contributed by atoms with Crippen molar-refractivity contribution in [2.45, 2.75) is 25.3 Å². The highest BCUT2D eigenvalue weighted by atomic mass is 35.5. The molecule has 0 amide bonds. The van der Waals surface area contributed by atoms with Crippen molar-refractivity contribution in [2.24, 2.45) is 0 Å². The molecule has 0 unspecified atom stereocenters. The lowest BCUT2D eigenvalue weighted by Gasteiger charge is -2.45. The van der Waals surface area contributed by atoms with Crippen molar-refractivity contribution in [3.05, 3.63) is 0 Å². The average molecular weight is 257 g/mol. The zero-order valence-corrected chi connectivity index (χ0v) is 11.0. The molecule has 2 heterocycles. The van der Waals surface area contributed by atoms with Crippen molar-refractivity contribution in [2.75, 3.05) is 39.4 Å². The summed E-state index contributed by atoms with van der Waals surface area (Å²) in [6.45, 7) is 8.83. The highest BCUT2D eigenvalue weighted by Gasteiger charge is 2.33. The lowest BCUT2D eigenvalue weighted by atomic mass is 9.88. The normalized spacial score (nSPS) is 26.2. The fourth-order valence-corrected chi connectivity index (χ4v) is 2.38. The van der Waals surface area contributed by atoms with E-state index in [0.717, 1.165) is 26.3 Å². The average Bonchev–Trinajstić information content (AvgIpc) is 2.20. The maximum Gasteiger partial charge on any atom is 0.0594 e. The molecule has 0 aromatic rings. The summed E-state index contributed by atoms with van der Waals surface area (Å²) in [6, 6.07) is 0. The van der Waals surface area contributed by atoms with Crippen LogP contribution in [-0.4, -0.2) is 49.8 Å². The molecule has 0 saturated carbocycles. The highest BCUT2D eigenvalue weighted by molar-refractivity contribution is 5.85. The molecule has 2 fully saturated rings. The Balaban J connectivity index is 0.000000980. The minimum Gasteiger partial charge on any atom is -0.379 e. The number of morpholine rings is 1. The molecule has 1 N–H and O–H groups in total. The van der Waals surface area contributed by atoms with Gasteiger partial charge in [0.1, 0.15) is 0 Å². The molecule has 15 heavy (non-hydrogen) atoms. The summed E-state index contributed by atoms with van der Waals surface area (Å²) >= 11 is 0. The van der Waals surface area contributed by atoms with Gasteiger partial charge in [-0.25, -0.2) is 0 Å². The van der Waals surface area contributed by atoms with Crippen LogP contribution in [0.3, 0.4) is 0 Å². The third kappa shape index (κ3) is 3.75. The third-order valence-electron chi connectivity index (χ3n) is 3.46. The number of ether oxygens (including phenoxy) is 1. The molecule has 0 bridgehead atoms. The second kappa shape index (κ2) is 6.92. The van der Waals surface area contributed by atoms with E-state index >= 15 is 0 Å². The fourth-order valence-electron chi connectivity index (χ4n) is 2.38. The number of nitrogens with zero attached hydrogens (tertiary/aromatic N) is 1. The van der Waals surface area contributed by atoms with Crippen molar-refractivity contribution in [1.29, 1.82) is 0 Å². The lowest BCUT2D eigenvalue weighted by Crippen LogP contribution is -2.56. The molecule has 2 aliphatic rings. The second-order valence-corrected chi connectivity index (χ2v) is 4.35. The van der Waals surface area contributed by atoms with Crippen molar-refractivity contribution in [3.8, 4) is 0 Å². The molecule has 0 aromatic carbocycles. The number of hydrogen-bond donors (Lipinski definition) is 1. The van der Waals surface area contributed by atoms with Gasteiger partial charge in [0, 0.05) is 18.6 Å². The Morgan fingerprint density at radius 3 is 2.13 bits per heavy atom. The van der Waals surface area contributed by atoms with Crippen LogP contribution in [-0.2, 0) is 4.74 Å². The van der Waals surface area contributed by atoms with E-state index in [-0.39, 0.29) is 24.8 Å². The van der Waals surface area contributed by atoms with E-state index in [2.05, 4.69) is 17.1 Å². The lowest BCUT2D eigenvalue weighted by molar-refractivity contribution is -0.0269. The van der Waals surface area contributed by atoms with Crippen molar-refractivity contribution in [3.63, 3.8) is 0 Å². The quantitative estimate of drug-likeness (QED) is 0.766. The zero-order valence-electron chi connectivity index (χ0n) is 9.33. The minimum absolute atomic E-state index is 0. The van der Waals surface area contributed by atoms with Gasteiger partial charge in [0.05, 0.1) is 13.2 Å². The number of piperidine rings is 1. The summed E-state index contributed by atoms with van der Waals surface area (Å²) in [6.07, 6.45) is 2.57. The number of hydrogen-bond acceptors (Lipinski definition) is 3. The van der Waals surface area contributed by atoms with Gasteiger partial charge in [-0.05, 0) is 32.9 Å². The van der Waals surface area contributed by atoms with Crippen LogP contribution in [0.1, 0.15) is 19.8 Å². The molecular formula is C10H22Cl2N2O. The van der Waals surface area contributed by atoms with Gasteiger partial charge in [-0.3, -0.25) is 4.90 Å². The van der Waals surface area contributed by atoms with E-state index in [1.807, 2.05) is 0 Å². The maximum atomic E-state index is 5.38. The summed E-state index contributed by atoms with van der Waals surface area (Å²) in [5, 5.41) is 3.42. The Morgan fingerprint density at radius 1 is 1.07 bits per heavy atom. The Bertz CT molecular complexity index is 169. The molecule has 0 aliphatic carbocycles. The van der Waals surface area contributed by atoms with Crippen LogP contribution in [0.4, 0.5) is 0 Å². The monoisotopic (exact) mass is 256 g/mol.